The van der Waals surface area contributed by atoms with Crippen molar-refractivity contribution in [2.45, 2.75) is 58.2 Å². The molecule has 0 spiro atoms. The number of carbonyl (C=O) groups excluding carboxylic acids is 1. The van der Waals surface area contributed by atoms with Crippen LogP contribution in [-0.4, -0.2) is 42.4 Å². The van der Waals surface area contributed by atoms with Crippen LogP contribution < -0.4 is 15.2 Å². The number of methoxy groups -OCH3 is 1. The Hall–Kier alpha value is -1.79. The second kappa shape index (κ2) is 9.06. The molecule has 0 saturated carbocycles. The molecule has 0 aliphatic carbocycles. The summed E-state index contributed by atoms with van der Waals surface area (Å²) in [7, 11) is 1.61. The predicted octanol–water partition coefficient (Wildman–Crippen LogP) is 2.38. The number of aliphatic hydroxyl groups is 1. The van der Waals surface area contributed by atoms with Gasteiger partial charge in [0.15, 0.2) is 11.5 Å². The lowest BCUT2D eigenvalue weighted by molar-refractivity contribution is -0.131. The predicted molar refractivity (Wildman–Crippen MR) is 96.7 cm³/mol. The van der Waals surface area contributed by atoms with E-state index in [4.69, 9.17) is 20.3 Å². The number of rotatable bonds is 8. The number of benzene rings is 1. The molecule has 6 nitrogen and oxygen atoms in total. The van der Waals surface area contributed by atoms with Gasteiger partial charge in [0.25, 0.3) is 0 Å². The molecule has 1 aliphatic rings. The minimum atomic E-state index is -0.402. The second-order valence-electron chi connectivity index (χ2n) is 6.57. The van der Waals surface area contributed by atoms with Crippen molar-refractivity contribution in [2.75, 3.05) is 20.3 Å². The molecule has 1 aromatic rings. The van der Waals surface area contributed by atoms with Crippen LogP contribution in [0.25, 0.3) is 0 Å². The van der Waals surface area contributed by atoms with Gasteiger partial charge in [0.05, 0.1) is 13.2 Å². The molecule has 140 valence electrons. The first kappa shape index (κ1) is 19.5. The van der Waals surface area contributed by atoms with Crippen molar-refractivity contribution >= 4 is 5.91 Å². The summed E-state index contributed by atoms with van der Waals surface area (Å²) in [6, 6.07) is 3.98. The fourth-order valence-corrected chi connectivity index (χ4v) is 3.36. The Labute approximate surface area is 149 Å². The Morgan fingerprint density at radius 2 is 2.12 bits per heavy atom. The molecule has 3 N–H and O–H groups in total. The minimum absolute atomic E-state index is 0.0244. The molecule has 25 heavy (non-hydrogen) atoms. The molecule has 0 radical (unpaired) electrons. The fourth-order valence-electron chi connectivity index (χ4n) is 3.36. The molecule has 1 heterocycles. The van der Waals surface area contributed by atoms with Crippen LogP contribution in [-0.2, 0) is 11.2 Å². The molecule has 0 fully saturated rings. The number of carbonyl (C=O) groups is 1. The number of ether oxygens (including phenoxy) is 2. The van der Waals surface area contributed by atoms with Crippen LogP contribution in [0.5, 0.6) is 11.5 Å². The minimum Gasteiger partial charge on any atom is -0.493 e. The van der Waals surface area contributed by atoms with Gasteiger partial charge >= 0.3 is 0 Å². The number of hydrogen-bond acceptors (Lipinski definition) is 5. The summed E-state index contributed by atoms with van der Waals surface area (Å²) in [5.41, 5.74) is 8.36. The Morgan fingerprint density at radius 1 is 1.36 bits per heavy atom. The van der Waals surface area contributed by atoms with Gasteiger partial charge in [0.2, 0.25) is 5.91 Å². The van der Waals surface area contributed by atoms with Crippen LogP contribution in [0.1, 0.15) is 56.7 Å². The first-order valence-corrected chi connectivity index (χ1v) is 8.99. The molecule has 1 aliphatic heterocycles. The summed E-state index contributed by atoms with van der Waals surface area (Å²) in [5, 5.41) is 8.82. The van der Waals surface area contributed by atoms with Crippen molar-refractivity contribution in [1.82, 2.24) is 4.90 Å². The van der Waals surface area contributed by atoms with E-state index in [9.17, 15) is 4.79 Å². The summed E-state index contributed by atoms with van der Waals surface area (Å²) in [6.45, 7) is 4.56. The van der Waals surface area contributed by atoms with E-state index in [0.717, 1.165) is 37.7 Å². The van der Waals surface area contributed by atoms with E-state index in [1.165, 1.54) is 5.56 Å². The fraction of sp³-hybridized carbons (Fsp3) is 0.632. The maximum atomic E-state index is 11.8. The molecule has 6 heteroatoms. The van der Waals surface area contributed by atoms with Crippen molar-refractivity contribution in [3.8, 4) is 11.5 Å². The molecular formula is C19H30N2O4. The standard InChI is InChI=1S/C19H30N2O4/c1-13-16-12-17(24-3)18(25-19(20)7-5-4-6-10-22)11-15(16)8-9-21(13)14(2)23/h11-13,19,22H,4-10,20H2,1-3H3. The Kier molecular flexibility index (Phi) is 7.08. The third-order valence-electron chi connectivity index (χ3n) is 4.79. The summed E-state index contributed by atoms with van der Waals surface area (Å²) in [4.78, 5) is 13.6. The third kappa shape index (κ3) is 4.86. The van der Waals surface area contributed by atoms with Crippen molar-refractivity contribution in [1.29, 1.82) is 0 Å². The van der Waals surface area contributed by atoms with Crippen molar-refractivity contribution in [2.24, 2.45) is 5.73 Å². The lowest BCUT2D eigenvalue weighted by Gasteiger charge is -2.35. The van der Waals surface area contributed by atoms with Crippen molar-refractivity contribution in [3.63, 3.8) is 0 Å². The van der Waals surface area contributed by atoms with Gasteiger partial charge in [0, 0.05) is 20.1 Å². The SMILES string of the molecule is COc1cc2c(cc1OC(N)CCCCCO)CCN(C(C)=O)C2C. The van der Waals surface area contributed by atoms with E-state index in [-0.39, 0.29) is 18.6 Å². The maximum Gasteiger partial charge on any atom is 0.219 e. The van der Waals surface area contributed by atoms with Gasteiger partial charge < -0.3 is 19.5 Å². The largest absolute Gasteiger partial charge is 0.493 e. The zero-order chi connectivity index (χ0) is 18.4. The van der Waals surface area contributed by atoms with Gasteiger partial charge in [-0.2, -0.15) is 0 Å². The van der Waals surface area contributed by atoms with Crippen molar-refractivity contribution < 1.29 is 19.4 Å². The molecule has 1 aromatic carbocycles. The molecule has 2 rings (SSSR count). The molecule has 0 aromatic heterocycles. The Morgan fingerprint density at radius 3 is 2.76 bits per heavy atom. The van der Waals surface area contributed by atoms with E-state index in [2.05, 4.69) is 0 Å². The zero-order valence-electron chi connectivity index (χ0n) is 15.5. The molecular weight excluding hydrogens is 320 g/mol. The maximum absolute atomic E-state index is 11.8. The highest BCUT2D eigenvalue weighted by atomic mass is 16.5. The number of amides is 1. The van der Waals surface area contributed by atoms with Gasteiger partial charge in [-0.15, -0.1) is 0 Å². The highest BCUT2D eigenvalue weighted by Crippen LogP contribution is 2.38. The van der Waals surface area contributed by atoms with Gasteiger partial charge in [-0.1, -0.05) is 6.42 Å². The number of nitrogens with two attached hydrogens (primary N) is 1. The smallest absolute Gasteiger partial charge is 0.219 e. The van der Waals surface area contributed by atoms with Crippen LogP contribution in [0.3, 0.4) is 0 Å². The number of unbranched alkanes of at least 4 members (excludes halogenated alkanes) is 2. The monoisotopic (exact) mass is 350 g/mol. The lowest BCUT2D eigenvalue weighted by Crippen LogP contribution is -2.37. The van der Waals surface area contributed by atoms with E-state index >= 15 is 0 Å². The van der Waals surface area contributed by atoms with Crippen LogP contribution in [0.2, 0.25) is 0 Å². The average molecular weight is 350 g/mol. The van der Waals surface area contributed by atoms with Crippen molar-refractivity contribution in [3.05, 3.63) is 23.3 Å². The number of hydrogen-bond donors (Lipinski definition) is 2. The number of aliphatic hydroxyl groups excluding tert-OH is 1. The van der Waals surface area contributed by atoms with Crippen LogP contribution in [0, 0.1) is 0 Å². The lowest BCUT2D eigenvalue weighted by atomic mass is 9.93. The Bertz CT molecular complexity index is 591. The van der Waals surface area contributed by atoms with Crippen LogP contribution >= 0.6 is 0 Å². The third-order valence-corrected chi connectivity index (χ3v) is 4.79. The van der Waals surface area contributed by atoms with Crippen LogP contribution in [0.4, 0.5) is 0 Å². The first-order chi connectivity index (χ1) is 12.0. The topological polar surface area (TPSA) is 85.0 Å². The molecule has 2 atom stereocenters. The summed E-state index contributed by atoms with van der Waals surface area (Å²) in [6.07, 6.45) is 3.77. The van der Waals surface area contributed by atoms with Gasteiger partial charge in [-0.3, -0.25) is 10.5 Å². The van der Waals surface area contributed by atoms with Crippen LogP contribution in [0.15, 0.2) is 12.1 Å². The molecule has 1 amide bonds. The summed E-state index contributed by atoms with van der Waals surface area (Å²) in [5.74, 6) is 1.38. The summed E-state index contributed by atoms with van der Waals surface area (Å²) >= 11 is 0. The molecule has 0 bridgehead atoms. The summed E-state index contributed by atoms with van der Waals surface area (Å²) < 4.78 is 11.4. The van der Waals surface area contributed by atoms with Gasteiger partial charge in [-0.05, 0) is 55.9 Å². The first-order valence-electron chi connectivity index (χ1n) is 8.99. The molecule has 0 saturated heterocycles. The number of fused-ring (bicyclic) bond motifs is 1. The van der Waals surface area contributed by atoms with Gasteiger partial charge in [-0.25, -0.2) is 0 Å². The van der Waals surface area contributed by atoms with Gasteiger partial charge in [0.1, 0.15) is 6.23 Å². The second-order valence-corrected chi connectivity index (χ2v) is 6.57. The highest BCUT2D eigenvalue weighted by molar-refractivity contribution is 5.74. The van der Waals surface area contributed by atoms with E-state index < -0.39 is 6.23 Å². The molecule has 2 unspecified atom stereocenters. The quantitative estimate of drug-likeness (QED) is 0.555. The Balaban J connectivity index is 2.12. The number of nitrogens with zero attached hydrogens (tertiary/aromatic N) is 1. The highest BCUT2D eigenvalue weighted by Gasteiger charge is 2.27. The van der Waals surface area contributed by atoms with E-state index in [1.807, 2.05) is 24.0 Å². The normalized spacial score (nSPS) is 17.8. The van der Waals surface area contributed by atoms with E-state index in [1.54, 1.807) is 14.0 Å². The zero-order valence-corrected chi connectivity index (χ0v) is 15.5. The average Bonchev–Trinajstić information content (AvgIpc) is 2.58. The van der Waals surface area contributed by atoms with E-state index in [0.29, 0.717) is 18.0 Å².